The number of hydrogen-bond donors (Lipinski definition) is 2. The van der Waals surface area contributed by atoms with Crippen molar-refractivity contribution in [2.24, 2.45) is 0 Å². The minimum atomic E-state index is -3.09. The lowest BCUT2D eigenvalue weighted by molar-refractivity contribution is 0.0746. The number of aliphatic hydroxyl groups excluding tert-OH is 1. The van der Waals surface area contributed by atoms with Crippen molar-refractivity contribution in [3.63, 3.8) is 0 Å². The monoisotopic (exact) mass is 621 g/mol. The van der Waals surface area contributed by atoms with E-state index in [0.717, 1.165) is 18.4 Å². The molecule has 1 aliphatic heterocycles. The van der Waals surface area contributed by atoms with Gasteiger partial charge in [0.05, 0.1) is 31.8 Å². The van der Waals surface area contributed by atoms with Crippen LogP contribution in [0.25, 0.3) is 0 Å². The van der Waals surface area contributed by atoms with E-state index in [0.29, 0.717) is 35.7 Å². The Kier molecular flexibility index (Phi) is 9.87. The summed E-state index contributed by atoms with van der Waals surface area (Å²) >= 11 is 0. The fraction of sp³-hybridized carbons (Fsp3) is 0.394. The summed E-state index contributed by atoms with van der Waals surface area (Å²) in [4.78, 5) is 29.4. The maximum atomic E-state index is 12.9. The Labute approximate surface area is 258 Å². The summed E-state index contributed by atoms with van der Waals surface area (Å²) in [6.07, 6.45) is 0.904. The van der Waals surface area contributed by atoms with E-state index < -0.39 is 15.9 Å². The van der Waals surface area contributed by atoms with Crippen molar-refractivity contribution in [1.82, 2.24) is 15.1 Å². The summed E-state index contributed by atoms with van der Waals surface area (Å²) in [6.45, 7) is 1.27. The van der Waals surface area contributed by atoms with Crippen LogP contribution in [0.3, 0.4) is 0 Å². The second-order valence-corrected chi connectivity index (χ2v) is 13.6. The molecule has 2 amide bonds. The largest absolute Gasteiger partial charge is 0.497 e. The number of carbonyl (C=O) groups is 2. The van der Waals surface area contributed by atoms with Gasteiger partial charge in [0, 0.05) is 61.5 Å². The van der Waals surface area contributed by atoms with E-state index in [1.54, 1.807) is 38.5 Å². The van der Waals surface area contributed by atoms with Crippen LogP contribution in [0.2, 0.25) is 0 Å². The number of methoxy groups -OCH3 is 2. The average Bonchev–Trinajstić information content (AvgIpc) is 3.48. The third-order valence-corrected chi connectivity index (χ3v) is 9.99. The Morgan fingerprint density at radius 1 is 0.955 bits per heavy atom. The Balaban J connectivity index is 1.20. The molecule has 1 atom stereocenters. The van der Waals surface area contributed by atoms with Crippen LogP contribution in [0.5, 0.6) is 11.5 Å². The molecule has 2 aliphatic rings. The highest BCUT2D eigenvalue weighted by Gasteiger charge is 2.29. The average molecular weight is 622 g/mol. The summed E-state index contributed by atoms with van der Waals surface area (Å²) in [5.74, 6) is 0.710. The molecule has 234 valence electrons. The molecule has 2 N–H and O–H groups in total. The fourth-order valence-corrected chi connectivity index (χ4v) is 7.05. The van der Waals surface area contributed by atoms with Crippen LogP contribution in [0.1, 0.15) is 37.4 Å². The normalized spacial score (nSPS) is 16.8. The smallest absolute Gasteiger partial charge is 0.253 e. The molecule has 0 spiro atoms. The Bertz CT molecular complexity index is 1550. The minimum Gasteiger partial charge on any atom is -0.497 e. The summed E-state index contributed by atoms with van der Waals surface area (Å²) in [5, 5.41) is 13.9. The molecule has 10 nitrogen and oxygen atoms in total. The van der Waals surface area contributed by atoms with Gasteiger partial charge in [-0.15, -0.1) is 0 Å². The number of fused-ring (bicyclic) bond motifs is 1. The topological polar surface area (TPSA) is 125 Å². The lowest BCUT2D eigenvalue weighted by atomic mass is 10.1. The van der Waals surface area contributed by atoms with Gasteiger partial charge in [-0.05, 0) is 54.3 Å². The number of hydrogen-bond acceptors (Lipinski definition) is 8. The van der Waals surface area contributed by atoms with E-state index >= 15 is 0 Å². The van der Waals surface area contributed by atoms with Crippen LogP contribution < -0.4 is 14.8 Å². The molecule has 0 radical (unpaired) electrons. The predicted molar refractivity (Wildman–Crippen MR) is 167 cm³/mol. The van der Waals surface area contributed by atoms with Crippen LogP contribution in [0, 0.1) is 0 Å². The maximum Gasteiger partial charge on any atom is 0.253 e. The third-order valence-electron chi connectivity index (χ3n) is 8.38. The van der Waals surface area contributed by atoms with Gasteiger partial charge in [-0.3, -0.25) is 14.5 Å². The van der Waals surface area contributed by atoms with Crippen molar-refractivity contribution in [2.45, 2.75) is 31.5 Å². The Hall–Kier alpha value is -3.93. The standard InChI is InChI=1S/C33H39N3O7S/c1-42-30-12-11-27(31(19-30)43-2)21-36(28-17-25-5-3-4-6-26(25)18-28)22-29(37)20-34-32(38)23-7-9-24(10-8-23)33(39)35-13-15-44(40,41)16-14-35/h3-12,19,28-29,37H,13-18,20-22H2,1-2H3,(H,34,38). The van der Waals surface area contributed by atoms with Gasteiger partial charge in [0.2, 0.25) is 0 Å². The zero-order valence-electron chi connectivity index (χ0n) is 25.1. The van der Waals surface area contributed by atoms with Gasteiger partial charge < -0.3 is 24.8 Å². The molecule has 44 heavy (non-hydrogen) atoms. The highest BCUT2D eigenvalue weighted by Crippen LogP contribution is 2.30. The van der Waals surface area contributed by atoms with Crippen LogP contribution in [-0.4, -0.2) is 99.2 Å². The first kappa shape index (κ1) is 31.5. The van der Waals surface area contributed by atoms with Crippen LogP contribution in [0.15, 0.2) is 66.7 Å². The predicted octanol–water partition coefficient (Wildman–Crippen LogP) is 2.33. The molecule has 1 aliphatic carbocycles. The van der Waals surface area contributed by atoms with E-state index in [9.17, 15) is 23.1 Å². The molecule has 1 unspecified atom stereocenters. The zero-order chi connectivity index (χ0) is 31.3. The summed E-state index contributed by atoms with van der Waals surface area (Å²) in [6, 6.07) is 20.5. The SMILES string of the molecule is COc1ccc(CN(CC(O)CNC(=O)c2ccc(C(=O)N3CCS(=O)(=O)CC3)cc2)C2Cc3ccccc3C2)c(OC)c1. The van der Waals surface area contributed by atoms with Crippen molar-refractivity contribution < 1.29 is 32.6 Å². The van der Waals surface area contributed by atoms with E-state index in [4.69, 9.17) is 9.47 Å². The fourth-order valence-electron chi connectivity index (χ4n) is 5.85. The summed E-state index contributed by atoms with van der Waals surface area (Å²) in [5.41, 5.74) is 4.34. The molecule has 0 saturated carbocycles. The van der Waals surface area contributed by atoms with E-state index in [-0.39, 0.29) is 49.0 Å². The molecule has 3 aromatic carbocycles. The zero-order valence-corrected chi connectivity index (χ0v) is 25.9. The van der Waals surface area contributed by atoms with E-state index in [1.807, 2.05) is 30.3 Å². The second-order valence-electron chi connectivity index (χ2n) is 11.3. The number of nitrogens with one attached hydrogen (secondary N) is 1. The molecule has 1 fully saturated rings. The van der Waals surface area contributed by atoms with Gasteiger partial charge in [-0.25, -0.2) is 8.42 Å². The van der Waals surface area contributed by atoms with Crippen molar-refractivity contribution in [2.75, 3.05) is 51.9 Å². The number of aliphatic hydroxyl groups is 1. The number of rotatable bonds is 11. The quantitative estimate of drug-likeness (QED) is 0.334. The summed E-state index contributed by atoms with van der Waals surface area (Å²) in [7, 11) is 0.148. The van der Waals surface area contributed by atoms with E-state index in [2.05, 4.69) is 22.3 Å². The van der Waals surface area contributed by atoms with Crippen molar-refractivity contribution in [3.05, 3.63) is 94.5 Å². The molecule has 11 heteroatoms. The minimum absolute atomic E-state index is 0.0414. The highest BCUT2D eigenvalue weighted by atomic mass is 32.2. The number of carbonyl (C=O) groups excluding carboxylic acids is 2. The number of sulfone groups is 1. The number of ether oxygens (including phenoxy) is 2. The van der Waals surface area contributed by atoms with Gasteiger partial charge in [-0.2, -0.15) is 0 Å². The van der Waals surface area contributed by atoms with Crippen molar-refractivity contribution in [3.8, 4) is 11.5 Å². The van der Waals surface area contributed by atoms with Crippen molar-refractivity contribution in [1.29, 1.82) is 0 Å². The van der Waals surface area contributed by atoms with Gasteiger partial charge in [-0.1, -0.05) is 30.3 Å². The third kappa shape index (κ3) is 7.58. The van der Waals surface area contributed by atoms with Gasteiger partial charge in [0.25, 0.3) is 11.8 Å². The number of amides is 2. The molecule has 1 heterocycles. The second kappa shape index (κ2) is 13.8. The lowest BCUT2D eigenvalue weighted by Crippen LogP contribution is -2.44. The molecule has 5 rings (SSSR count). The first-order valence-electron chi connectivity index (χ1n) is 14.7. The first-order chi connectivity index (χ1) is 21.2. The molecular formula is C33H39N3O7S. The van der Waals surface area contributed by atoms with Crippen LogP contribution in [0.4, 0.5) is 0 Å². The lowest BCUT2D eigenvalue weighted by Gasteiger charge is -2.31. The maximum absolute atomic E-state index is 12.9. The number of nitrogens with zero attached hydrogens (tertiary/aromatic N) is 2. The van der Waals surface area contributed by atoms with Crippen LogP contribution >= 0.6 is 0 Å². The Morgan fingerprint density at radius 2 is 1.59 bits per heavy atom. The number of benzene rings is 3. The van der Waals surface area contributed by atoms with E-state index in [1.165, 1.54) is 16.0 Å². The van der Waals surface area contributed by atoms with Gasteiger partial charge in [0.1, 0.15) is 11.5 Å². The highest BCUT2D eigenvalue weighted by molar-refractivity contribution is 7.91. The van der Waals surface area contributed by atoms with Crippen molar-refractivity contribution >= 4 is 21.7 Å². The molecule has 3 aromatic rings. The molecular weight excluding hydrogens is 582 g/mol. The summed E-state index contributed by atoms with van der Waals surface area (Å²) < 4.78 is 34.3. The molecule has 0 aromatic heterocycles. The first-order valence-corrected chi connectivity index (χ1v) is 16.6. The Morgan fingerprint density at radius 3 is 2.20 bits per heavy atom. The van der Waals surface area contributed by atoms with Gasteiger partial charge in [0.15, 0.2) is 9.84 Å². The van der Waals surface area contributed by atoms with Crippen LogP contribution in [-0.2, 0) is 29.2 Å². The van der Waals surface area contributed by atoms with Gasteiger partial charge >= 0.3 is 0 Å². The molecule has 0 bridgehead atoms. The molecule has 1 saturated heterocycles.